The molecular weight excluding hydrogens is 294 g/mol. The highest BCUT2D eigenvalue weighted by molar-refractivity contribution is 9.10. The van der Waals surface area contributed by atoms with E-state index in [-0.39, 0.29) is 11.9 Å². The van der Waals surface area contributed by atoms with Gasteiger partial charge in [0.15, 0.2) is 10.4 Å². The van der Waals surface area contributed by atoms with Gasteiger partial charge in [0.1, 0.15) is 0 Å². The zero-order valence-electron chi connectivity index (χ0n) is 10.0. The summed E-state index contributed by atoms with van der Waals surface area (Å²) < 4.78 is 5.79. The Morgan fingerprint density at radius 1 is 1.28 bits per heavy atom. The van der Waals surface area contributed by atoms with Crippen molar-refractivity contribution in [2.45, 2.75) is 19.4 Å². The first-order valence-electron chi connectivity index (χ1n) is 5.82. The van der Waals surface area contributed by atoms with Crippen molar-refractivity contribution in [3.05, 3.63) is 58.5 Å². The van der Waals surface area contributed by atoms with Gasteiger partial charge >= 0.3 is 0 Å². The summed E-state index contributed by atoms with van der Waals surface area (Å²) in [6.45, 7) is 2.04. The fraction of sp³-hybridized carbons (Fsp3) is 0.214. The molecular formula is C14H14BrNO2. The minimum absolute atomic E-state index is 0.00238. The lowest BCUT2D eigenvalue weighted by Crippen LogP contribution is -2.27. The summed E-state index contributed by atoms with van der Waals surface area (Å²) in [6.07, 6.45) is 0.831. The Labute approximate surface area is 114 Å². The molecule has 0 saturated heterocycles. The second-order valence-electron chi connectivity index (χ2n) is 3.95. The van der Waals surface area contributed by atoms with Crippen molar-refractivity contribution in [1.82, 2.24) is 5.32 Å². The third kappa shape index (κ3) is 3.01. The van der Waals surface area contributed by atoms with E-state index in [9.17, 15) is 4.79 Å². The van der Waals surface area contributed by atoms with Crippen LogP contribution < -0.4 is 5.32 Å². The topological polar surface area (TPSA) is 42.2 Å². The first-order valence-corrected chi connectivity index (χ1v) is 6.61. The van der Waals surface area contributed by atoms with Crippen LogP contribution in [0.3, 0.4) is 0 Å². The minimum atomic E-state index is -0.198. The average Bonchev–Trinajstić information content (AvgIpc) is 2.83. The standard InChI is InChI=1S/C14H14BrNO2/c1-2-11(10-6-4-3-5-7-10)16-14(17)12-8-9-13(15)18-12/h3-9,11H,2H2,1H3,(H,16,17). The minimum Gasteiger partial charge on any atom is -0.444 e. The SMILES string of the molecule is CCC(NC(=O)c1ccc(Br)o1)c1ccccc1. The molecule has 1 N–H and O–H groups in total. The number of rotatable bonds is 4. The van der Waals surface area contributed by atoms with E-state index in [1.165, 1.54) is 0 Å². The Morgan fingerprint density at radius 2 is 2.00 bits per heavy atom. The van der Waals surface area contributed by atoms with Crippen molar-refractivity contribution < 1.29 is 9.21 Å². The maximum Gasteiger partial charge on any atom is 0.287 e. The van der Waals surface area contributed by atoms with Gasteiger partial charge in [-0.3, -0.25) is 4.79 Å². The first kappa shape index (κ1) is 12.9. The van der Waals surface area contributed by atoms with E-state index in [1.54, 1.807) is 12.1 Å². The van der Waals surface area contributed by atoms with E-state index in [2.05, 4.69) is 21.2 Å². The van der Waals surface area contributed by atoms with Crippen molar-refractivity contribution in [3.63, 3.8) is 0 Å². The molecule has 0 bridgehead atoms. The van der Waals surface area contributed by atoms with Gasteiger partial charge in [0.2, 0.25) is 0 Å². The molecule has 0 aliphatic heterocycles. The molecule has 1 atom stereocenters. The van der Waals surface area contributed by atoms with Crippen molar-refractivity contribution in [1.29, 1.82) is 0 Å². The van der Waals surface area contributed by atoms with Crippen LogP contribution in [0.15, 0.2) is 51.6 Å². The Hall–Kier alpha value is -1.55. The number of benzene rings is 1. The number of amides is 1. The number of furan rings is 1. The van der Waals surface area contributed by atoms with Gasteiger partial charge in [-0.25, -0.2) is 0 Å². The highest BCUT2D eigenvalue weighted by Crippen LogP contribution is 2.18. The van der Waals surface area contributed by atoms with Crippen LogP contribution >= 0.6 is 15.9 Å². The molecule has 0 aliphatic rings. The monoisotopic (exact) mass is 307 g/mol. The lowest BCUT2D eigenvalue weighted by molar-refractivity contribution is 0.0906. The molecule has 1 unspecified atom stereocenters. The van der Waals surface area contributed by atoms with Crippen LogP contribution in [0.1, 0.15) is 35.5 Å². The Balaban J connectivity index is 2.10. The molecule has 2 aromatic rings. The Morgan fingerprint density at radius 3 is 2.56 bits per heavy atom. The molecule has 18 heavy (non-hydrogen) atoms. The van der Waals surface area contributed by atoms with Crippen LogP contribution in [-0.4, -0.2) is 5.91 Å². The molecule has 1 amide bonds. The molecule has 0 aliphatic carbocycles. The third-order valence-electron chi connectivity index (χ3n) is 2.71. The van der Waals surface area contributed by atoms with Crippen molar-refractivity contribution in [2.24, 2.45) is 0 Å². The van der Waals surface area contributed by atoms with Gasteiger partial charge in [0.25, 0.3) is 5.91 Å². The number of nitrogens with one attached hydrogen (secondary N) is 1. The van der Waals surface area contributed by atoms with Crippen molar-refractivity contribution in [2.75, 3.05) is 0 Å². The molecule has 0 spiro atoms. The molecule has 1 aromatic heterocycles. The third-order valence-corrected chi connectivity index (χ3v) is 3.14. The predicted molar refractivity (Wildman–Crippen MR) is 73.3 cm³/mol. The molecule has 3 nitrogen and oxygen atoms in total. The van der Waals surface area contributed by atoms with Gasteiger partial charge < -0.3 is 9.73 Å². The molecule has 1 heterocycles. The Kier molecular flexibility index (Phi) is 4.20. The van der Waals surface area contributed by atoms with Crippen LogP contribution in [-0.2, 0) is 0 Å². The summed E-state index contributed by atoms with van der Waals surface area (Å²) in [7, 11) is 0. The van der Waals surface area contributed by atoms with E-state index < -0.39 is 0 Å². The molecule has 0 radical (unpaired) electrons. The number of hydrogen-bond donors (Lipinski definition) is 1. The zero-order chi connectivity index (χ0) is 13.0. The van der Waals surface area contributed by atoms with Gasteiger partial charge in [0.05, 0.1) is 6.04 Å². The molecule has 4 heteroatoms. The van der Waals surface area contributed by atoms with Crippen molar-refractivity contribution in [3.8, 4) is 0 Å². The van der Waals surface area contributed by atoms with E-state index in [0.29, 0.717) is 10.4 Å². The summed E-state index contributed by atoms with van der Waals surface area (Å²) in [5.74, 6) is 0.118. The summed E-state index contributed by atoms with van der Waals surface area (Å²) in [4.78, 5) is 12.0. The smallest absolute Gasteiger partial charge is 0.287 e. The summed E-state index contributed by atoms with van der Waals surface area (Å²) in [6, 6.07) is 13.3. The average molecular weight is 308 g/mol. The summed E-state index contributed by atoms with van der Waals surface area (Å²) in [5.41, 5.74) is 1.10. The second kappa shape index (κ2) is 5.87. The van der Waals surface area contributed by atoms with Gasteiger partial charge in [-0.05, 0) is 40.0 Å². The van der Waals surface area contributed by atoms with Gasteiger partial charge in [-0.1, -0.05) is 37.3 Å². The first-order chi connectivity index (χ1) is 8.70. The van der Waals surface area contributed by atoms with Crippen LogP contribution in [0.2, 0.25) is 0 Å². The van der Waals surface area contributed by atoms with Crippen LogP contribution in [0.25, 0.3) is 0 Å². The van der Waals surface area contributed by atoms with Crippen LogP contribution in [0, 0.1) is 0 Å². The van der Waals surface area contributed by atoms with Crippen LogP contribution in [0.4, 0.5) is 0 Å². The van der Waals surface area contributed by atoms with E-state index in [1.807, 2.05) is 37.3 Å². The number of halogens is 1. The number of carbonyl (C=O) groups excluding carboxylic acids is 1. The largest absolute Gasteiger partial charge is 0.444 e. The lowest BCUT2D eigenvalue weighted by Gasteiger charge is -2.16. The van der Waals surface area contributed by atoms with Crippen LogP contribution in [0.5, 0.6) is 0 Å². The van der Waals surface area contributed by atoms with E-state index in [0.717, 1.165) is 12.0 Å². The van der Waals surface area contributed by atoms with E-state index in [4.69, 9.17) is 4.42 Å². The fourth-order valence-electron chi connectivity index (χ4n) is 1.77. The van der Waals surface area contributed by atoms with Gasteiger partial charge in [-0.2, -0.15) is 0 Å². The molecule has 0 fully saturated rings. The summed E-state index contributed by atoms with van der Waals surface area (Å²) in [5, 5.41) is 2.96. The Bertz CT molecular complexity index is 522. The predicted octanol–water partition coefficient (Wildman–Crippen LogP) is 3.92. The second-order valence-corrected chi connectivity index (χ2v) is 4.73. The summed E-state index contributed by atoms with van der Waals surface area (Å²) >= 11 is 3.18. The molecule has 1 aromatic carbocycles. The van der Waals surface area contributed by atoms with Gasteiger partial charge in [-0.15, -0.1) is 0 Å². The normalized spacial score (nSPS) is 12.1. The lowest BCUT2D eigenvalue weighted by atomic mass is 10.0. The number of carbonyl (C=O) groups is 1. The molecule has 0 saturated carbocycles. The quantitative estimate of drug-likeness (QED) is 0.930. The molecule has 94 valence electrons. The highest BCUT2D eigenvalue weighted by Gasteiger charge is 2.16. The fourth-order valence-corrected chi connectivity index (χ4v) is 2.08. The zero-order valence-corrected chi connectivity index (χ0v) is 11.6. The van der Waals surface area contributed by atoms with E-state index >= 15 is 0 Å². The molecule has 2 rings (SSSR count). The highest BCUT2D eigenvalue weighted by atomic mass is 79.9. The maximum atomic E-state index is 12.0. The maximum absolute atomic E-state index is 12.0. The van der Waals surface area contributed by atoms with Gasteiger partial charge in [0, 0.05) is 0 Å². The van der Waals surface area contributed by atoms with Crippen molar-refractivity contribution >= 4 is 21.8 Å². The number of hydrogen-bond acceptors (Lipinski definition) is 2.